The van der Waals surface area contributed by atoms with Gasteiger partial charge in [-0.2, -0.15) is 0 Å². The Kier molecular flexibility index (Phi) is 7.51. The Morgan fingerprint density at radius 2 is 1.87 bits per heavy atom. The number of ether oxygens (including phenoxy) is 1. The number of carboxylic acids is 1. The lowest BCUT2D eigenvalue weighted by Gasteiger charge is -2.11. The van der Waals surface area contributed by atoms with Crippen molar-refractivity contribution in [3.8, 4) is 17.0 Å². The van der Waals surface area contributed by atoms with Crippen LogP contribution in [0.25, 0.3) is 11.3 Å². The van der Waals surface area contributed by atoms with Crippen LogP contribution >= 0.6 is 15.9 Å². The molecule has 0 bridgehead atoms. The Morgan fingerprint density at radius 1 is 1.13 bits per heavy atom. The van der Waals surface area contributed by atoms with Crippen molar-refractivity contribution >= 4 is 27.7 Å². The number of rotatable bonds is 9. The summed E-state index contributed by atoms with van der Waals surface area (Å²) in [6.45, 7) is 0.281. The monoisotopic (exact) mass is 491 g/mol. The molecule has 0 aliphatic rings. The van der Waals surface area contributed by atoms with Crippen LogP contribution in [0.4, 0.5) is 14.6 Å². The van der Waals surface area contributed by atoms with Crippen LogP contribution in [0.2, 0.25) is 0 Å². The van der Waals surface area contributed by atoms with E-state index in [1.807, 2.05) is 12.1 Å². The molecule has 0 aliphatic carbocycles. The lowest BCUT2D eigenvalue weighted by atomic mass is 10.0. The van der Waals surface area contributed by atoms with Crippen LogP contribution in [0.5, 0.6) is 5.75 Å². The fourth-order valence-electron chi connectivity index (χ4n) is 3.09. The van der Waals surface area contributed by atoms with Crippen molar-refractivity contribution in [3.63, 3.8) is 0 Å². The summed E-state index contributed by atoms with van der Waals surface area (Å²) in [6, 6.07) is 9.61. The molecule has 9 heteroatoms. The van der Waals surface area contributed by atoms with Gasteiger partial charge in [-0.05, 0) is 36.6 Å². The molecular weight excluding hydrogens is 472 g/mol. The van der Waals surface area contributed by atoms with Crippen LogP contribution in [0.1, 0.15) is 17.5 Å². The predicted octanol–water partition coefficient (Wildman–Crippen LogP) is 4.86. The number of aryl methyl sites for hydroxylation is 1. The first-order valence-electron chi connectivity index (χ1n) is 9.45. The van der Waals surface area contributed by atoms with E-state index in [2.05, 4.69) is 31.2 Å². The number of benzene rings is 2. The Bertz CT molecular complexity index is 1070. The average Bonchev–Trinajstić information content (AvgIpc) is 2.74. The highest BCUT2D eigenvalue weighted by Gasteiger charge is 2.12. The van der Waals surface area contributed by atoms with Gasteiger partial charge < -0.3 is 15.2 Å². The van der Waals surface area contributed by atoms with E-state index in [4.69, 9.17) is 9.84 Å². The normalized spacial score (nSPS) is 10.7. The van der Waals surface area contributed by atoms with Crippen molar-refractivity contribution in [2.45, 2.75) is 19.3 Å². The highest BCUT2D eigenvalue weighted by Crippen LogP contribution is 2.28. The number of nitrogens with zero attached hydrogens (tertiary/aromatic N) is 2. The SMILES string of the molecule is COc1cc(-c2cc(NCCc3c(F)cc(Br)cc3F)ncn2)ccc1CCC(=O)O. The Labute approximate surface area is 186 Å². The van der Waals surface area contributed by atoms with E-state index in [1.165, 1.54) is 25.6 Å². The molecule has 3 aromatic rings. The lowest BCUT2D eigenvalue weighted by Crippen LogP contribution is -2.09. The molecule has 0 saturated heterocycles. The minimum absolute atomic E-state index is 0.00617. The number of methoxy groups -OCH3 is 1. The first-order chi connectivity index (χ1) is 14.9. The van der Waals surface area contributed by atoms with Gasteiger partial charge in [0.2, 0.25) is 0 Å². The van der Waals surface area contributed by atoms with Crippen molar-refractivity contribution in [1.82, 2.24) is 9.97 Å². The minimum atomic E-state index is -0.874. The first-order valence-corrected chi connectivity index (χ1v) is 10.2. The number of carboxylic acid groups (broad SMARTS) is 1. The number of aromatic nitrogens is 2. The lowest BCUT2D eigenvalue weighted by molar-refractivity contribution is -0.136. The van der Waals surface area contributed by atoms with E-state index >= 15 is 0 Å². The van der Waals surface area contributed by atoms with E-state index in [0.29, 0.717) is 28.2 Å². The zero-order valence-electron chi connectivity index (χ0n) is 16.7. The van der Waals surface area contributed by atoms with Crippen LogP contribution in [0, 0.1) is 11.6 Å². The van der Waals surface area contributed by atoms with E-state index in [-0.39, 0.29) is 24.9 Å². The second-order valence-corrected chi connectivity index (χ2v) is 7.65. The van der Waals surface area contributed by atoms with Crippen molar-refractivity contribution in [3.05, 3.63) is 70.0 Å². The molecule has 0 fully saturated rings. The molecule has 1 heterocycles. The highest BCUT2D eigenvalue weighted by molar-refractivity contribution is 9.10. The maximum absolute atomic E-state index is 14.0. The molecular formula is C22H20BrF2N3O3. The molecule has 0 atom stereocenters. The van der Waals surface area contributed by atoms with Gasteiger partial charge >= 0.3 is 5.97 Å². The predicted molar refractivity (Wildman–Crippen MR) is 116 cm³/mol. The summed E-state index contributed by atoms with van der Waals surface area (Å²) >= 11 is 3.06. The highest BCUT2D eigenvalue weighted by atomic mass is 79.9. The maximum Gasteiger partial charge on any atom is 0.303 e. The summed E-state index contributed by atoms with van der Waals surface area (Å²) in [5, 5.41) is 11.9. The van der Waals surface area contributed by atoms with Gasteiger partial charge in [0.25, 0.3) is 0 Å². The molecule has 0 saturated carbocycles. The van der Waals surface area contributed by atoms with Crippen LogP contribution < -0.4 is 10.1 Å². The van der Waals surface area contributed by atoms with Gasteiger partial charge in [-0.1, -0.05) is 28.1 Å². The van der Waals surface area contributed by atoms with Gasteiger partial charge in [0.1, 0.15) is 29.5 Å². The summed E-state index contributed by atoms with van der Waals surface area (Å²) in [4.78, 5) is 19.2. The summed E-state index contributed by atoms with van der Waals surface area (Å²) < 4.78 is 33.7. The number of nitrogens with one attached hydrogen (secondary N) is 1. The zero-order chi connectivity index (χ0) is 22.4. The van der Waals surface area contributed by atoms with Crippen LogP contribution in [0.15, 0.2) is 47.2 Å². The van der Waals surface area contributed by atoms with Crippen molar-refractivity contribution in [2.24, 2.45) is 0 Å². The molecule has 0 aliphatic heterocycles. The Balaban J connectivity index is 1.71. The zero-order valence-corrected chi connectivity index (χ0v) is 18.2. The van der Waals surface area contributed by atoms with E-state index in [0.717, 1.165) is 11.1 Å². The molecule has 0 spiro atoms. The van der Waals surface area contributed by atoms with Crippen molar-refractivity contribution < 1.29 is 23.4 Å². The first kappa shape index (κ1) is 22.6. The fraction of sp³-hybridized carbons (Fsp3) is 0.227. The number of anilines is 1. The molecule has 2 N–H and O–H groups in total. The number of aliphatic carboxylic acids is 1. The van der Waals surface area contributed by atoms with Gasteiger partial charge in [-0.15, -0.1) is 0 Å². The van der Waals surface area contributed by atoms with Gasteiger partial charge in [0.15, 0.2) is 0 Å². The third-order valence-corrected chi connectivity index (χ3v) is 5.10. The minimum Gasteiger partial charge on any atom is -0.496 e. The molecule has 0 radical (unpaired) electrons. The van der Waals surface area contributed by atoms with Gasteiger partial charge in [-0.25, -0.2) is 18.7 Å². The fourth-order valence-corrected chi connectivity index (χ4v) is 3.49. The molecule has 31 heavy (non-hydrogen) atoms. The number of halogens is 3. The standard InChI is InChI=1S/C22H20BrF2N3O3/c1-31-20-8-14(3-2-13(20)4-5-22(29)30)19-11-21(28-12-27-19)26-7-6-16-17(24)9-15(23)10-18(16)25/h2-3,8-12H,4-7H2,1H3,(H,29,30)(H,26,27,28). The third kappa shape index (κ3) is 5.97. The van der Waals surface area contributed by atoms with E-state index in [9.17, 15) is 13.6 Å². The van der Waals surface area contributed by atoms with Crippen LogP contribution in [-0.2, 0) is 17.6 Å². The molecule has 2 aromatic carbocycles. The molecule has 1 aromatic heterocycles. The summed E-state index contributed by atoms with van der Waals surface area (Å²) in [6.07, 6.45) is 1.91. The maximum atomic E-state index is 14.0. The molecule has 162 valence electrons. The summed E-state index contributed by atoms with van der Waals surface area (Å²) in [5.41, 5.74) is 2.19. The number of carbonyl (C=O) groups is 1. The Hall–Kier alpha value is -3.07. The molecule has 0 amide bonds. The Morgan fingerprint density at radius 3 is 2.55 bits per heavy atom. The van der Waals surface area contributed by atoms with Gasteiger partial charge in [0, 0.05) is 34.6 Å². The van der Waals surface area contributed by atoms with E-state index < -0.39 is 17.6 Å². The average molecular weight is 492 g/mol. The summed E-state index contributed by atoms with van der Waals surface area (Å²) in [5.74, 6) is -0.996. The van der Waals surface area contributed by atoms with E-state index in [1.54, 1.807) is 12.1 Å². The second-order valence-electron chi connectivity index (χ2n) is 6.73. The van der Waals surface area contributed by atoms with Gasteiger partial charge in [0.05, 0.1) is 12.8 Å². The van der Waals surface area contributed by atoms with Crippen LogP contribution in [0.3, 0.4) is 0 Å². The number of hydrogen-bond donors (Lipinski definition) is 2. The topological polar surface area (TPSA) is 84.3 Å². The smallest absolute Gasteiger partial charge is 0.303 e. The summed E-state index contributed by atoms with van der Waals surface area (Å²) in [7, 11) is 1.52. The van der Waals surface area contributed by atoms with Crippen molar-refractivity contribution in [2.75, 3.05) is 19.0 Å². The van der Waals surface area contributed by atoms with Gasteiger partial charge in [-0.3, -0.25) is 4.79 Å². The molecule has 3 rings (SSSR count). The largest absolute Gasteiger partial charge is 0.496 e. The third-order valence-electron chi connectivity index (χ3n) is 4.65. The van der Waals surface area contributed by atoms with Crippen molar-refractivity contribution in [1.29, 1.82) is 0 Å². The number of hydrogen-bond acceptors (Lipinski definition) is 5. The quantitative estimate of drug-likeness (QED) is 0.444. The molecule has 0 unspecified atom stereocenters. The molecule has 6 nitrogen and oxygen atoms in total. The second kappa shape index (κ2) is 10.3. The van der Waals surface area contributed by atoms with Crippen LogP contribution in [-0.4, -0.2) is 34.7 Å².